The van der Waals surface area contributed by atoms with Crippen molar-refractivity contribution in [3.05, 3.63) is 41.4 Å². The summed E-state index contributed by atoms with van der Waals surface area (Å²) in [6, 6.07) is 5.02. The lowest BCUT2D eigenvalue weighted by Gasteiger charge is -2.19. The summed E-state index contributed by atoms with van der Waals surface area (Å²) in [4.78, 5) is 8.70. The molecule has 3 aromatic heterocycles. The van der Waals surface area contributed by atoms with Crippen LogP contribution < -0.4 is 16.0 Å². The maximum Gasteiger partial charge on any atom is 0.229 e. The second-order valence-electron chi connectivity index (χ2n) is 7.43. The first-order chi connectivity index (χ1) is 15.6. The standard InChI is InChI=1S/C19H19ClN10O2/c1-30-7-11(5-23-30)24-19-22-6-12(20)18(27-19)26-14-9-32-16-13(8-31-17(14)16)25-15-3-2-10(4-21)28-29-15/h2-3,5-7,13-14,16-17H,8-9H2,1H3,(H,25,29)(H2,22,24,26,27). The molecule has 4 atom stereocenters. The number of hydrogen-bond donors (Lipinski definition) is 3. The molecule has 32 heavy (non-hydrogen) atoms. The highest BCUT2D eigenvalue weighted by Crippen LogP contribution is 2.32. The molecule has 0 bridgehead atoms. The highest BCUT2D eigenvalue weighted by atomic mass is 35.5. The molecule has 0 spiro atoms. The van der Waals surface area contributed by atoms with Crippen molar-refractivity contribution in [2.75, 3.05) is 29.2 Å². The van der Waals surface area contributed by atoms with Crippen molar-refractivity contribution in [1.82, 2.24) is 29.9 Å². The number of nitrogens with zero attached hydrogens (tertiary/aromatic N) is 7. The summed E-state index contributed by atoms with van der Waals surface area (Å²) in [7, 11) is 1.83. The molecule has 0 aromatic carbocycles. The van der Waals surface area contributed by atoms with Crippen LogP contribution in [-0.4, -0.2) is 67.5 Å². The molecule has 0 saturated carbocycles. The Balaban J connectivity index is 1.24. The van der Waals surface area contributed by atoms with Gasteiger partial charge in [-0.25, -0.2) is 4.98 Å². The molecular formula is C19H19ClN10O2. The number of halogens is 1. The molecule has 0 aliphatic carbocycles. The zero-order valence-electron chi connectivity index (χ0n) is 16.9. The zero-order valence-corrected chi connectivity index (χ0v) is 17.7. The topological polar surface area (TPSA) is 148 Å². The van der Waals surface area contributed by atoms with Gasteiger partial charge in [0.15, 0.2) is 11.5 Å². The molecule has 0 amide bonds. The van der Waals surface area contributed by atoms with Crippen LogP contribution in [0.25, 0.3) is 0 Å². The predicted molar refractivity (Wildman–Crippen MR) is 115 cm³/mol. The summed E-state index contributed by atoms with van der Waals surface area (Å²) in [5, 5.41) is 30.9. The minimum absolute atomic E-state index is 0.0993. The molecule has 2 aliphatic rings. The molecule has 5 heterocycles. The Labute approximate surface area is 187 Å². The van der Waals surface area contributed by atoms with Gasteiger partial charge in [-0.2, -0.15) is 15.3 Å². The Morgan fingerprint density at radius 3 is 2.56 bits per heavy atom. The van der Waals surface area contributed by atoms with E-state index < -0.39 is 0 Å². The van der Waals surface area contributed by atoms with Gasteiger partial charge in [0.2, 0.25) is 5.95 Å². The van der Waals surface area contributed by atoms with E-state index in [1.54, 1.807) is 23.0 Å². The first-order valence-electron chi connectivity index (χ1n) is 9.87. The Morgan fingerprint density at radius 2 is 1.91 bits per heavy atom. The van der Waals surface area contributed by atoms with Gasteiger partial charge in [0.1, 0.15) is 29.1 Å². The smallest absolute Gasteiger partial charge is 0.229 e. The van der Waals surface area contributed by atoms with E-state index in [1.165, 1.54) is 6.20 Å². The van der Waals surface area contributed by atoms with Gasteiger partial charge in [-0.15, -0.1) is 10.2 Å². The van der Waals surface area contributed by atoms with Gasteiger partial charge >= 0.3 is 0 Å². The fourth-order valence-corrected chi connectivity index (χ4v) is 3.87. The molecule has 164 valence electrons. The van der Waals surface area contributed by atoms with Crippen molar-refractivity contribution in [2.24, 2.45) is 7.05 Å². The summed E-state index contributed by atoms with van der Waals surface area (Å²) in [5.41, 5.74) is 1.03. The molecule has 3 N–H and O–H groups in total. The van der Waals surface area contributed by atoms with E-state index in [0.717, 1.165) is 5.69 Å². The van der Waals surface area contributed by atoms with Gasteiger partial charge < -0.3 is 25.4 Å². The van der Waals surface area contributed by atoms with Crippen molar-refractivity contribution < 1.29 is 9.47 Å². The molecule has 5 rings (SSSR count). The minimum Gasteiger partial charge on any atom is -0.371 e. The van der Waals surface area contributed by atoms with E-state index in [2.05, 4.69) is 41.2 Å². The van der Waals surface area contributed by atoms with Crippen LogP contribution in [0.1, 0.15) is 5.69 Å². The largest absolute Gasteiger partial charge is 0.371 e. The van der Waals surface area contributed by atoms with E-state index in [9.17, 15) is 0 Å². The first kappa shape index (κ1) is 20.4. The van der Waals surface area contributed by atoms with E-state index in [0.29, 0.717) is 35.8 Å². The fraction of sp³-hybridized carbons (Fsp3) is 0.368. The summed E-state index contributed by atoms with van der Waals surface area (Å²) >= 11 is 6.32. The molecule has 2 aliphatic heterocycles. The molecule has 2 saturated heterocycles. The summed E-state index contributed by atoms with van der Waals surface area (Å²) < 4.78 is 13.7. The average molecular weight is 455 g/mol. The SMILES string of the molecule is Cn1cc(Nc2ncc(Cl)c(NC3COC4C(Nc5ccc(C#N)nn5)COC34)n2)cn1. The molecule has 0 radical (unpaired) electrons. The monoisotopic (exact) mass is 454 g/mol. The lowest BCUT2D eigenvalue weighted by molar-refractivity contribution is 0.0707. The molecule has 4 unspecified atom stereocenters. The van der Waals surface area contributed by atoms with Crippen LogP contribution >= 0.6 is 11.6 Å². The van der Waals surface area contributed by atoms with Gasteiger partial charge in [0.25, 0.3) is 0 Å². The molecule has 3 aromatic rings. The third-order valence-corrected chi connectivity index (χ3v) is 5.47. The van der Waals surface area contributed by atoms with Crippen LogP contribution in [0.4, 0.5) is 23.3 Å². The van der Waals surface area contributed by atoms with Gasteiger partial charge in [-0.1, -0.05) is 11.6 Å². The first-order valence-corrected chi connectivity index (χ1v) is 10.2. The summed E-state index contributed by atoms with van der Waals surface area (Å²) in [6.45, 7) is 0.874. The second-order valence-corrected chi connectivity index (χ2v) is 7.84. The number of aryl methyl sites for hydroxylation is 1. The van der Waals surface area contributed by atoms with Crippen LogP contribution in [0.15, 0.2) is 30.7 Å². The highest BCUT2D eigenvalue weighted by molar-refractivity contribution is 6.32. The van der Waals surface area contributed by atoms with Gasteiger partial charge in [0.05, 0.1) is 43.4 Å². The van der Waals surface area contributed by atoms with E-state index >= 15 is 0 Å². The summed E-state index contributed by atoms with van der Waals surface area (Å²) in [5.74, 6) is 1.44. The van der Waals surface area contributed by atoms with Crippen molar-refractivity contribution in [1.29, 1.82) is 5.26 Å². The lowest BCUT2D eigenvalue weighted by Crippen LogP contribution is -2.38. The number of nitriles is 1. The van der Waals surface area contributed by atoms with Gasteiger partial charge in [-0.3, -0.25) is 4.68 Å². The third kappa shape index (κ3) is 4.13. The van der Waals surface area contributed by atoms with Crippen LogP contribution in [0.5, 0.6) is 0 Å². The van der Waals surface area contributed by atoms with Crippen LogP contribution in [0.3, 0.4) is 0 Å². The molecular weight excluding hydrogens is 436 g/mol. The predicted octanol–water partition coefficient (Wildman–Crippen LogP) is 1.33. The fourth-order valence-electron chi connectivity index (χ4n) is 3.72. The van der Waals surface area contributed by atoms with Gasteiger partial charge in [-0.05, 0) is 12.1 Å². The lowest BCUT2D eigenvalue weighted by atomic mass is 10.1. The number of fused-ring (bicyclic) bond motifs is 1. The van der Waals surface area contributed by atoms with Crippen LogP contribution in [-0.2, 0) is 16.5 Å². The summed E-state index contributed by atoms with van der Waals surface area (Å²) in [6.07, 6.45) is 4.65. The van der Waals surface area contributed by atoms with Crippen LogP contribution in [0.2, 0.25) is 5.02 Å². The quantitative estimate of drug-likeness (QED) is 0.495. The maximum atomic E-state index is 8.85. The number of hydrogen-bond acceptors (Lipinski definition) is 11. The second kappa shape index (κ2) is 8.54. The molecule has 2 fully saturated rings. The zero-order chi connectivity index (χ0) is 22.1. The maximum absolute atomic E-state index is 8.85. The van der Waals surface area contributed by atoms with Crippen LogP contribution in [0, 0.1) is 11.3 Å². The highest BCUT2D eigenvalue weighted by Gasteiger charge is 2.48. The Kier molecular flexibility index (Phi) is 5.44. The molecule has 12 nitrogen and oxygen atoms in total. The van der Waals surface area contributed by atoms with Gasteiger partial charge in [0, 0.05) is 13.2 Å². The number of anilines is 4. The van der Waals surface area contributed by atoms with E-state index in [1.807, 2.05) is 19.3 Å². The minimum atomic E-state index is -0.195. The number of aromatic nitrogens is 6. The number of rotatable bonds is 6. The van der Waals surface area contributed by atoms with Crippen molar-refractivity contribution in [2.45, 2.75) is 24.3 Å². The Bertz CT molecular complexity index is 1150. The van der Waals surface area contributed by atoms with Crippen molar-refractivity contribution in [3.8, 4) is 6.07 Å². The van der Waals surface area contributed by atoms with E-state index in [-0.39, 0.29) is 30.0 Å². The van der Waals surface area contributed by atoms with Crippen molar-refractivity contribution in [3.63, 3.8) is 0 Å². The average Bonchev–Trinajstić information content (AvgIpc) is 3.50. The Hall–Kier alpha value is -3.53. The molecule has 13 heteroatoms. The normalized spacial score (nSPS) is 24.0. The van der Waals surface area contributed by atoms with E-state index in [4.69, 9.17) is 26.3 Å². The van der Waals surface area contributed by atoms with Crippen molar-refractivity contribution >= 4 is 34.9 Å². The third-order valence-electron chi connectivity index (χ3n) is 5.19. The number of nitrogens with one attached hydrogen (secondary N) is 3. The number of ether oxygens (including phenoxy) is 2. The Morgan fingerprint density at radius 1 is 1.12 bits per heavy atom.